The largest absolute Gasteiger partial charge is 0.463 e. The van der Waals surface area contributed by atoms with Crippen LogP contribution < -0.4 is 0 Å². The maximum absolute atomic E-state index is 11.2. The zero-order valence-corrected chi connectivity index (χ0v) is 16.7. The molecule has 4 heteroatoms. The molecule has 23 heavy (non-hydrogen) atoms. The van der Waals surface area contributed by atoms with Gasteiger partial charge in [0.1, 0.15) is 0 Å². The second kappa shape index (κ2) is 10.6. The van der Waals surface area contributed by atoms with E-state index in [0.29, 0.717) is 6.61 Å². The fraction of sp³-hybridized carbons (Fsp3) is 0.632. The third-order valence-electron chi connectivity index (χ3n) is 4.11. The number of rotatable bonds is 10. The monoisotopic (exact) mass is 338 g/mol. The summed E-state index contributed by atoms with van der Waals surface area (Å²) in [5.41, 5.74) is 0. The Morgan fingerprint density at radius 1 is 1.30 bits per heavy atom. The van der Waals surface area contributed by atoms with Crippen molar-refractivity contribution in [2.75, 3.05) is 6.61 Å². The average molecular weight is 339 g/mol. The van der Waals surface area contributed by atoms with Crippen LogP contribution in [0, 0.1) is 0 Å². The fourth-order valence-electron chi connectivity index (χ4n) is 1.76. The summed E-state index contributed by atoms with van der Waals surface area (Å²) in [6.07, 6.45) is 12.0. The molecule has 0 N–H and O–H groups in total. The van der Waals surface area contributed by atoms with Crippen LogP contribution in [0.1, 0.15) is 47.0 Å². The standard InChI is InChI=1S/C19H34O3Si/c1-8-10-14-17(22-23(6,7)19(3,4)5)15-12-11-13-16-18(20)21-9-2/h8,10,13-14,16-17H,1,9,11-12,15H2,2-7H3/b14-10+,16-13+. The maximum atomic E-state index is 11.2. The molecule has 0 aliphatic rings. The molecule has 0 saturated carbocycles. The van der Waals surface area contributed by atoms with Crippen LogP contribution in [-0.4, -0.2) is 27.0 Å². The lowest BCUT2D eigenvalue weighted by Gasteiger charge is -2.38. The van der Waals surface area contributed by atoms with Crippen LogP contribution in [0.15, 0.2) is 37.0 Å². The highest BCUT2D eigenvalue weighted by molar-refractivity contribution is 6.74. The van der Waals surface area contributed by atoms with Crippen molar-refractivity contribution in [1.82, 2.24) is 0 Å². The second-order valence-electron chi connectivity index (χ2n) is 7.12. The molecule has 0 aromatic carbocycles. The average Bonchev–Trinajstić information content (AvgIpc) is 2.42. The van der Waals surface area contributed by atoms with E-state index in [1.54, 1.807) is 13.0 Å². The van der Waals surface area contributed by atoms with Crippen molar-refractivity contribution >= 4 is 14.3 Å². The Bertz CT molecular complexity index is 417. The van der Waals surface area contributed by atoms with Crippen molar-refractivity contribution in [3.05, 3.63) is 37.0 Å². The van der Waals surface area contributed by atoms with Crippen molar-refractivity contribution in [3.8, 4) is 0 Å². The Labute approximate surface area is 143 Å². The van der Waals surface area contributed by atoms with Crippen LogP contribution in [0.5, 0.6) is 0 Å². The van der Waals surface area contributed by atoms with Crippen LogP contribution in [0.25, 0.3) is 0 Å². The van der Waals surface area contributed by atoms with E-state index in [2.05, 4.69) is 46.5 Å². The van der Waals surface area contributed by atoms with Crippen molar-refractivity contribution in [3.63, 3.8) is 0 Å². The van der Waals surface area contributed by atoms with Crippen molar-refractivity contribution in [1.29, 1.82) is 0 Å². The van der Waals surface area contributed by atoms with Gasteiger partial charge in [-0.05, 0) is 44.3 Å². The number of hydrogen-bond donors (Lipinski definition) is 0. The Morgan fingerprint density at radius 2 is 1.96 bits per heavy atom. The smallest absolute Gasteiger partial charge is 0.330 e. The lowest BCUT2D eigenvalue weighted by Crippen LogP contribution is -2.43. The molecule has 0 aliphatic heterocycles. The second-order valence-corrected chi connectivity index (χ2v) is 11.9. The molecular weight excluding hydrogens is 304 g/mol. The first-order valence-electron chi connectivity index (χ1n) is 8.44. The minimum Gasteiger partial charge on any atom is -0.463 e. The summed E-state index contributed by atoms with van der Waals surface area (Å²) < 4.78 is 11.3. The number of allylic oxidation sites excluding steroid dienone is 3. The highest BCUT2D eigenvalue weighted by Gasteiger charge is 2.38. The van der Waals surface area contributed by atoms with Gasteiger partial charge in [0.05, 0.1) is 12.7 Å². The summed E-state index contributed by atoms with van der Waals surface area (Å²) in [6, 6.07) is 0. The first-order chi connectivity index (χ1) is 10.6. The van der Waals surface area contributed by atoms with Gasteiger partial charge in [0.2, 0.25) is 0 Å². The molecule has 0 heterocycles. The topological polar surface area (TPSA) is 35.5 Å². The lowest BCUT2D eigenvalue weighted by atomic mass is 10.1. The van der Waals surface area contributed by atoms with E-state index < -0.39 is 8.32 Å². The van der Waals surface area contributed by atoms with Gasteiger partial charge in [0, 0.05) is 6.08 Å². The summed E-state index contributed by atoms with van der Waals surface area (Å²) in [7, 11) is -1.79. The van der Waals surface area contributed by atoms with E-state index in [-0.39, 0.29) is 17.1 Å². The molecule has 0 spiro atoms. The minimum atomic E-state index is -1.79. The van der Waals surface area contributed by atoms with Gasteiger partial charge in [-0.25, -0.2) is 4.79 Å². The van der Waals surface area contributed by atoms with E-state index in [1.165, 1.54) is 6.08 Å². The molecule has 0 aromatic rings. The molecule has 0 bridgehead atoms. The highest BCUT2D eigenvalue weighted by atomic mass is 28.4. The third-order valence-corrected chi connectivity index (χ3v) is 8.62. The predicted octanol–water partition coefficient (Wildman–Crippen LogP) is 5.41. The van der Waals surface area contributed by atoms with E-state index in [1.807, 2.05) is 12.2 Å². The van der Waals surface area contributed by atoms with E-state index in [0.717, 1.165) is 19.3 Å². The van der Waals surface area contributed by atoms with E-state index >= 15 is 0 Å². The lowest BCUT2D eigenvalue weighted by molar-refractivity contribution is -0.137. The van der Waals surface area contributed by atoms with E-state index in [9.17, 15) is 4.79 Å². The first kappa shape index (κ1) is 21.9. The predicted molar refractivity (Wildman–Crippen MR) is 101 cm³/mol. The number of carbonyl (C=O) groups excluding carboxylic acids is 1. The summed E-state index contributed by atoms with van der Waals surface area (Å²) in [6.45, 7) is 17.2. The molecule has 132 valence electrons. The van der Waals surface area contributed by atoms with E-state index in [4.69, 9.17) is 9.16 Å². The number of carbonyl (C=O) groups is 1. The molecule has 0 aromatic heterocycles. The summed E-state index contributed by atoms with van der Waals surface area (Å²) in [5.74, 6) is -0.270. The molecule has 0 fully saturated rings. The summed E-state index contributed by atoms with van der Waals surface area (Å²) in [5, 5.41) is 0.192. The van der Waals surface area contributed by atoms with Gasteiger partial charge in [0.15, 0.2) is 8.32 Å². The van der Waals surface area contributed by atoms with Crippen LogP contribution in [0.2, 0.25) is 18.1 Å². The zero-order valence-electron chi connectivity index (χ0n) is 15.7. The van der Waals surface area contributed by atoms with Gasteiger partial charge in [-0.3, -0.25) is 0 Å². The Kier molecular flexibility index (Phi) is 10.1. The number of esters is 1. The van der Waals surface area contributed by atoms with Crippen LogP contribution >= 0.6 is 0 Å². The molecule has 3 nitrogen and oxygen atoms in total. The molecular formula is C19H34O3Si. The summed E-state index contributed by atoms with van der Waals surface area (Å²) >= 11 is 0. The zero-order chi connectivity index (χ0) is 17.9. The highest BCUT2D eigenvalue weighted by Crippen LogP contribution is 2.37. The molecule has 0 saturated heterocycles. The van der Waals surface area contributed by atoms with Crippen molar-refractivity contribution in [2.24, 2.45) is 0 Å². The number of unbranched alkanes of at least 4 members (excludes halogenated alkanes) is 1. The minimum absolute atomic E-state index is 0.102. The fourth-order valence-corrected chi connectivity index (χ4v) is 3.07. The molecule has 0 aliphatic carbocycles. The van der Waals surface area contributed by atoms with Crippen LogP contribution in [-0.2, 0) is 14.0 Å². The van der Waals surface area contributed by atoms with Gasteiger partial charge in [-0.2, -0.15) is 0 Å². The van der Waals surface area contributed by atoms with Gasteiger partial charge in [-0.1, -0.05) is 51.7 Å². The third kappa shape index (κ3) is 9.56. The molecule has 0 amide bonds. The molecule has 1 unspecified atom stereocenters. The van der Waals surface area contributed by atoms with Gasteiger partial charge in [0.25, 0.3) is 0 Å². The van der Waals surface area contributed by atoms with Crippen LogP contribution in [0.4, 0.5) is 0 Å². The number of hydrogen-bond acceptors (Lipinski definition) is 3. The van der Waals surface area contributed by atoms with Crippen molar-refractivity contribution in [2.45, 2.75) is 71.2 Å². The Balaban J connectivity index is 4.50. The molecule has 0 rings (SSSR count). The molecule has 1 atom stereocenters. The number of ether oxygens (including phenoxy) is 1. The summed E-state index contributed by atoms with van der Waals surface area (Å²) in [4.78, 5) is 11.2. The van der Waals surface area contributed by atoms with Crippen LogP contribution in [0.3, 0.4) is 0 Å². The Hall–Kier alpha value is -1.13. The Morgan fingerprint density at radius 3 is 2.48 bits per heavy atom. The van der Waals surface area contributed by atoms with Gasteiger partial charge >= 0.3 is 5.97 Å². The molecule has 0 radical (unpaired) electrons. The quantitative estimate of drug-likeness (QED) is 0.176. The SMILES string of the molecule is C=C/C=C/C(CCC/C=C/C(=O)OCC)O[Si](C)(C)C(C)(C)C. The first-order valence-corrected chi connectivity index (χ1v) is 11.3. The maximum Gasteiger partial charge on any atom is 0.330 e. The van der Waals surface area contributed by atoms with Gasteiger partial charge in [-0.15, -0.1) is 0 Å². The van der Waals surface area contributed by atoms with Gasteiger partial charge < -0.3 is 9.16 Å². The van der Waals surface area contributed by atoms with Crippen molar-refractivity contribution < 1.29 is 14.0 Å². The normalized spacial score (nSPS) is 14.3.